The van der Waals surface area contributed by atoms with Gasteiger partial charge in [-0.05, 0) is 30.3 Å². The Hall–Kier alpha value is -2.83. The van der Waals surface area contributed by atoms with Crippen LogP contribution in [-0.4, -0.2) is 20.5 Å². The molecule has 0 radical (unpaired) electrons. The van der Waals surface area contributed by atoms with Crippen LogP contribution in [0.5, 0.6) is 0 Å². The molecule has 2 heterocycles. The molecule has 0 saturated carbocycles. The van der Waals surface area contributed by atoms with Gasteiger partial charge in [0, 0.05) is 6.20 Å². The third-order valence-corrected chi connectivity index (χ3v) is 2.72. The number of rotatable bonds is 2. The van der Waals surface area contributed by atoms with Crippen LogP contribution in [-0.2, 0) is 0 Å². The van der Waals surface area contributed by atoms with E-state index in [1.54, 1.807) is 22.7 Å². The van der Waals surface area contributed by atoms with Crippen LogP contribution in [0.25, 0.3) is 5.65 Å². The molecule has 100 valence electrons. The number of hydrogen-bond acceptors (Lipinski definition) is 3. The molecular formula is C13H8F2N4O. The Bertz CT molecular complexity index is 800. The SMILES string of the molecule is O=C(Nc1ccc2nncn2c1)c1cc(F)ccc1F. The maximum absolute atomic E-state index is 13.5. The first-order valence-corrected chi connectivity index (χ1v) is 5.69. The van der Waals surface area contributed by atoms with Crippen LogP contribution < -0.4 is 5.32 Å². The summed E-state index contributed by atoms with van der Waals surface area (Å²) >= 11 is 0. The zero-order chi connectivity index (χ0) is 14.1. The summed E-state index contributed by atoms with van der Waals surface area (Å²) in [5.74, 6) is -2.19. The Morgan fingerprint density at radius 2 is 2.05 bits per heavy atom. The largest absolute Gasteiger partial charge is 0.321 e. The highest BCUT2D eigenvalue weighted by Gasteiger charge is 2.13. The molecule has 1 amide bonds. The first-order chi connectivity index (χ1) is 9.63. The first kappa shape index (κ1) is 12.2. The molecule has 1 N–H and O–H groups in total. The van der Waals surface area contributed by atoms with Crippen molar-refractivity contribution in [2.75, 3.05) is 5.32 Å². The van der Waals surface area contributed by atoms with E-state index in [0.717, 1.165) is 18.2 Å². The summed E-state index contributed by atoms with van der Waals surface area (Å²) in [5, 5.41) is 10.00. The predicted molar refractivity (Wildman–Crippen MR) is 67.3 cm³/mol. The molecule has 0 saturated heterocycles. The van der Waals surface area contributed by atoms with Crippen LogP contribution in [0, 0.1) is 11.6 Å². The second-order valence-electron chi connectivity index (χ2n) is 4.09. The fourth-order valence-electron chi connectivity index (χ4n) is 1.77. The van der Waals surface area contributed by atoms with Crippen LogP contribution in [0.1, 0.15) is 10.4 Å². The van der Waals surface area contributed by atoms with Crippen molar-refractivity contribution in [3.05, 3.63) is 60.1 Å². The molecule has 0 unspecified atom stereocenters. The average molecular weight is 274 g/mol. The molecule has 3 rings (SSSR count). The van der Waals surface area contributed by atoms with Crippen LogP contribution >= 0.6 is 0 Å². The van der Waals surface area contributed by atoms with Crippen molar-refractivity contribution in [2.24, 2.45) is 0 Å². The Morgan fingerprint density at radius 3 is 2.90 bits per heavy atom. The number of benzene rings is 1. The van der Waals surface area contributed by atoms with Crippen LogP contribution in [0.3, 0.4) is 0 Å². The topological polar surface area (TPSA) is 59.3 Å². The molecule has 5 nitrogen and oxygen atoms in total. The molecule has 1 aromatic carbocycles. The third-order valence-electron chi connectivity index (χ3n) is 2.72. The minimum atomic E-state index is -0.783. The Labute approximate surface area is 111 Å². The molecule has 0 aliphatic rings. The molecule has 7 heteroatoms. The van der Waals surface area contributed by atoms with E-state index in [0.29, 0.717) is 11.3 Å². The summed E-state index contributed by atoms with van der Waals surface area (Å²) in [5.41, 5.74) is 0.680. The number of nitrogens with zero attached hydrogens (tertiary/aromatic N) is 3. The van der Waals surface area contributed by atoms with E-state index in [1.807, 2.05) is 0 Å². The average Bonchev–Trinajstić information content (AvgIpc) is 2.89. The van der Waals surface area contributed by atoms with Crippen molar-refractivity contribution < 1.29 is 13.6 Å². The number of hydrogen-bond donors (Lipinski definition) is 1. The number of carbonyl (C=O) groups is 1. The number of carbonyl (C=O) groups excluding carboxylic acids is 1. The molecule has 0 atom stereocenters. The second-order valence-corrected chi connectivity index (χ2v) is 4.09. The van der Waals surface area contributed by atoms with Crippen molar-refractivity contribution in [1.29, 1.82) is 0 Å². The summed E-state index contributed by atoms with van der Waals surface area (Å²) in [6.45, 7) is 0. The number of fused-ring (bicyclic) bond motifs is 1. The summed E-state index contributed by atoms with van der Waals surface area (Å²) < 4.78 is 28.1. The van der Waals surface area contributed by atoms with Crippen molar-refractivity contribution in [3.63, 3.8) is 0 Å². The van der Waals surface area contributed by atoms with Crippen LogP contribution in [0.15, 0.2) is 42.9 Å². The maximum Gasteiger partial charge on any atom is 0.258 e. The lowest BCUT2D eigenvalue weighted by Crippen LogP contribution is -2.14. The lowest BCUT2D eigenvalue weighted by molar-refractivity contribution is 0.102. The maximum atomic E-state index is 13.5. The number of aromatic nitrogens is 3. The van der Waals surface area contributed by atoms with Gasteiger partial charge < -0.3 is 5.32 Å². The van der Waals surface area contributed by atoms with Crippen molar-refractivity contribution in [1.82, 2.24) is 14.6 Å². The minimum absolute atomic E-state index is 0.353. The van der Waals surface area contributed by atoms with Gasteiger partial charge in [0.2, 0.25) is 0 Å². The van der Waals surface area contributed by atoms with E-state index < -0.39 is 17.5 Å². The molecule has 0 fully saturated rings. The number of halogens is 2. The highest BCUT2D eigenvalue weighted by atomic mass is 19.1. The predicted octanol–water partition coefficient (Wildman–Crippen LogP) is 2.26. The van der Waals surface area contributed by atoms with Gasteiger partial charge in [0.25, 0.3) is 5.91 Å². The molecule has 0 aliphatic heterocycles. The summed E-state index contributed by atoms with van der Waals surface area (Å²) in [4.78, 5) is 11.9. The van der Waals surface area contributed by atoms with Gasteiger partial charge in [-0.15, -0.1) is 10.2 Å². The van der Waals surface area contributed by atoms with Crippen molar-refractivity contribution in [2.45, 2.75) is 0 Å². The fraction of sp³-hybridized carbons (Fsp3) is 0. The summed E-state index contributed by atoms with van der Waals surface area (Å²) in [6.07, 6.45) is 3.04. The molecule has 2 aromatic heterocycles. The van der Waals surface area contributed by atoms with Crippen LogP contribution in [0.4, 0.5) is 14.5 Å². The van der Waals surface area contributed by atoms with Gasteiger partial charge in [-0.1, -0.05) is 0 Å². The smallest absolute Gasteiger partial charge is 0.258 e. The van der Waals surface area contributed by atoms with Crippen LogP contribution in [0.2, 0.25) is 0 Å². The first-order valence-electron chi connectivity index (χ1n) is 5.69. The van der Waals surface area contributed by atoms with Gasteiger partial charge in [-0.25, -0.2) is 8.78 Å². The number of amides is 1. The van der Waals surface area contributed by atoms with E-state index in [4.69, 9.17) is 0 Å². The number of nitrogens with one attached hydrogen (secondary N) is 1. The molecule has 0 bridgehead atoms. The lowest BCUT2D eigenvalue weighted by atomic mass is 10.2. The molecule has 20 heavy (non-hydrogen) atoms. The van der Waals surface area contributed by atoms with Gasteiger partial charge in [0.05, 0.1) is 11.3 Å². The zero-order valence-corrected chi connectivity index (χ0v) is 10.0. The third kappa shape index (κ3) is 2.20. The highest BCUT2D eigenvalue weighted by molar-refractivity contribution is 6.04. The van der Waals surface area contributed by atoms with E-state index >= 15 is 0 Å². The standard InChI is InChI=1S/C13H8F2N4O/c14-8-1-3-11(15)10(5-8)13(20)17-9-2-4-12-18-16-7-19(12)6-9/h1-7H,(H,17,20). The summed E-state index contributed by atoms with van der Waals surface area (Å²) in [6, 6.07) is 5.95. The number of pyridine rings is 1. The zero-order valence-electron chi connectivity index (χ0n) is 10.0. The summed E-state index contributed by atoms with van der Waals surface area (Å²) in [7, 11) is 0. The van der Waals surface area contributed by atoms with Gasteiger partial charge in [-0.2, -0.15) is 0 Å². The van der Waals surface area contributed by atoms with Gasteiger partial charge in [-0.3, -0.25) is 9.20 Å². The van der Waals surface area contributed by atoms with E-state index in [1.165, 1.54) is 6.33 Å². The molecule has 0 aliphatic carbocycles. The molecular weight excluding hydrogens is 266 g/mol. The monoisotopic (exact) mass is 274 g/mol. The van der Waals surface area contributed by atoms with Gasteiger partial charge in [0.15, 0.2) is 5.65 Å². The normalized spacial score (nSPS) is 10.7. The Balaban J connectivity index is 1.89. The van der Waals surface area contributed by atoms with E-state index in [9.17, 15) is 13.6 Å². The van der Waals surface area contributed by atoms with Gasteiger partial charge in [0.1, 0.15) is 18.0 Å². The van der Waals surface area contributed by atoms with Gasteiger partial charge >= 0.3 is 0 Å². The number of anilines is 1. The minimum Gasteiger partial charge on any atom is -0.321 e. The molecule has 3 aromatic rings. The highest BCUT2D eigenvalue weighted by Crippen LogP contribution is 2.14. The van der Waals surface area contributed by atoms with E-state index in [-0.39, 0.29) is 5.56 Å². The van der Waals surface area contributed by atoms with Crippen molar-refractivity contribution in [3.8, 4) is 0 Å². The quantitative estimate of drug-likeness (QED) is 0.779. The molecule has 0 spiro atoms. The lowest BCUT2D eigenvalue weighted by Gasteiger charge is -2.06. The fourth-order valence-corrected chi connectivity index (χ4v) is 1.77. The van der Waals surface area contributed by atoms with E-state index in [2.05, 4.69) is 15.5 Å². The Morgan fingerprint density at radius 1 is 1.20 bits per heavy atom. The Kier molecular flexibility index (Phi) is 2.86. The van der Waals surface area contributed by atoms with Crippen molar-refractivity contribution >= 4 is 17.2 Å². The second kappa shape index (κ2) is 4.69.